The fraction of sp³-hybridized carbons (Fsp3) is 0.143. The summed E-state index contributed by atoms with van der Waals surface area (Å²) in [6.45, 7) is 1.46. The van der Waals surface area contributed by atoms with Gasteiger partial charge in [-0.2, -0.15) is 0 Å². The lowest BCUT2D eigenvalue weighted by molar-refractivity contribution is 0.0831. The molecule has 1 N–H and O–H groups in total. The van der Waals surface area contributed by atoms with Crippen LogP contribution in [0, 0.1) is 0 Å². The van der Waals surface area contributed by atoms with Crippen molar-refractivity contribution in [3.05, 3.63) is 86.3 Å². The summed E-state index contributed by atoms with van der Waals surface area (Å²) in [5.74, 6) is 0.929. The van der Waals surface area contributed by atoms with Crippen molar-refractivity contribution in [1.29, 1.82) is 0 Å². The average Bonchev–Trinajstić information content (AvgIpc) is 3.37. The molecule has 142 valence electrons. The molecule has 0 unspecified atom stereocenters. The smallest absolute Gasteiger partial charge is 0.258 e. The highest BCUT2D eigenvalue weighted by Gasteiger charge is 2.25. The first-order valence-corrected chi connectivity index (χ1v) is 11.5. The van der Waals surface area contributed by atoms with Gasteiger partial charge in [0.15, 0.2) is 5.13 Å². The molecule has 1 fully saturated rings. The van der Waals surface area contributed by atoms with E-state index >= 15 is 0 Å². The molecule has 4 nitrogen and oxygen atoms in total. The van der Waals surface area contributed by atoms with E-state index in [0.717, 1.165) is 32.6 Å². The number of nitrogens with zero attached hydrogens (tertiary/aromatic N) is 2. The Morgan fingerprint density at radius 3 is 2.75 bits per heavy atom. The number of amides is 1. The van der Waals surface area contributed by atoms with Crippen LogP contribution in [-0.4, -0.2) is 28.1 Å². The number of benzene rings is 2. The predicted molar refractivity (Wildman–Crippen MR) is 121 cm³/mol. The van der Waals surface area contributed by atoms with E-state index in [-0.39, 0.29) is 5.91 Å². The van der Waals surface area contributed by atoms with Crippen molar-refractivity contribution >= 4 is 56.1 Å². The van der Waals surface area contributed by atoms with Gasteiger partial charge in [-0.15, -0.1) is 23.1 Å². The minimum absolute atomic E-state index is 0.0291. The van der Waals surface area contributed by atoms with Crippen LogP contribution in [0.1, 0.15) is 21.6 Å². The Hall–Kier alpha value is -2.09. The van der Waals surface area contributed by atoms with Gasteiger partial charge in [0.05, 0.1) is 10.7 Å². The Bertz CT molecular complexity index is 986. The van der Waals surface area contributed by atoms with Gasteiger partial charge in [-0.1, -0.05) is 46.3 Å². The lowest BCUT2D eigenvalue weighted by atomic mass is 10.2. The van der Waals surface area contributed by atoms with Crippen molar-refractivity contribution in [3.63, 3.8) is 0 Å². The van der Waals surface area contributed by atoms with Crippen LogP contribution in [-0.2, 0) is 6.54 Å². The summed E-state index contributed by atoms with van der Waals surface area (Å²) in [6, 6.07) is 17.7. The Kier molecular flexibility index (Phi) is 6.14. The molecule has 4 rings (SSSR count). The molecular weight excluding hydrogens is 454 g/mol. The van der Waals surface area contributed by atoms with Crippen LogP contribution in [0.15, 0.2) is 69.5 Å². The average molecular weight is 472 g/mol. The topological polar surface area (TPSA) is 45.2 Å². The van der Waals surface area contributed by atoms with Gasteiger partial charge >= 0.3 is 0 Å². The summed E-state index contributed by atoms with van der Waals surface area (Å²) in [7, 11) is 0. The highest BCUT2D eigenvalue weighted by Crippen LogP contribution is 2.32. The van der Waals surface area contributed by atoms with E-state index in [0.29, 0.717) is 12.1 Å². The summed E-state index contributed by atoms with van der Waals surface area (Å²) in [5.41, 5.74) is 2.79. The zero-order chi connectivity index (χ0) is 19.3. The van der Waals surface area contributed by atoms with Gasteiger partial charge in [0.2, 0.25) is 0 Å². The van der Waals surface area contributed by atoms with E-state index in [1.54, 1.807) is 23.1 Å². The van der Waals surface area contributed by atoms with Crippen molar-refractivity contribution in [3.8, 4) is 0 Å². The van der Waals surface area contributed by atoms with Gasteiger partial charge < -0.3 is 10.2 Å². The first-order chi connectivity index (χ1) is 13.7. The lowest BCUT2D eigenvalue weighted by Crippen LogP contribution is -2.26. The number of carbonyl (C=O) groups excluding carboxylic acids is 1. The summed E-state index contributed by atoms with van der Waals surface area (Å²) in [6.07, 6.45) is 2.00. The Morgan fingerprint density at radius 2 is 1.96 bits per heavy atom. The molecule has 0 atom stereocenters. The molecule has 1 aliphatic rings. The fourth-order valence-corrected chi connectivity index (χ4v) is 4.78. The van der Waals surface area contributed by atoms with Crippen LogP contribution in [0.5, 0.6) is 0 Å². The highest BCUT2D eigenvalue weighted by atomic mass is 79.9. The number of thioether (sulfide) groups is 1. The van der Waals surface area contributed by atoms with Gasteiger partial charge in [0, 0.05) is 34.3 Å². The number of hydrogen-bond acceptors (Lipinski definition) is 5. The van der Waals surface area contributed by atoms with Crippen LogP contribution >= 0.6 is 39.0 Å². The van der Waals surface area contributed by atoms with Crippen molar-refractivity contribution < 1.29 is 4.79 Å². The highest BCUT2D eigenvalue weighted by molar-refractivity contribution is 9.10. The lowest BCUT2D eigenvalue weighted by Gasteiger charge is -2.16. The molecule has 0 radical (unpaired) electrons. The molecule has 28 heavy (non-hydrogen) atoms. The number of halogens is 1. The largest absolute Gasteiger partial charge is 0.357 e. The van der Waals surface area contributed by atoms with Crippen LogP contribution in [0.25, 0.3) is 6.08 Å². The van der Waals surface area contributed by atoms with Gasteiger partial charge in [-0.25, -0.2) is 4.98 Å². The molecule has 1 amide bonds. The minimum atomic E-state index is 0.0291. The molecule has 0 spiro atoms. The molecule has 3 aromatic rings. The molecule has 0 saturated carbocycles. The van der Waals surface area contributed by atoms with E-state index in [1.807, 2.05) is 58.8 Å². The molecule has 2 aromatic carbocycles. The van der Waals surface area contributed by atoms with Gasteiger partial charge in [-0.3, -0.25) is 4.79 Å². The predicted octanol–water partition coefficient (Wildman–Crippen LogP) is 5.71. The van der Waals surface area contributed by atoms with Crippen LogP contribution < -0.4 is 5.32 Å². The maximum atomic E-state index is 12.8. The number of aromatic nitrogens is 1. The zero-order valence-electron chi connectivity index (χ0n) is 15.0. The van der Waals surface area contributed by atoms with Gasteiger partial charge in [-0.05, 0) is 35.9 Å². The second kappa shape index (κ2) is 8.94. The fourth-order valence-electron chi connectivity index (χ4n) is 2.83. The van der Waals surface area contributed by atoms with Crippen LogP contribution in [0.4, 0.5) is 5.13 Å². The number of anilines is 1. The summed E-state index contributed by atoms with van der Waals surface area (Å²) >= 11 is 6.68. The maximum absolute atomic E-state index is 12.8. The van der Waals surface area contributed by atoms with E-state index in [9.17, 15) is 4.79 Å². The van der Waals surface area contributed by atoms with E-state index in [2.05, 4.69) is 38.4 Å². The molecule has 1 saturated heterocycles. The van der Waals surface area contributed by atoms with Crippen molar-refractivity contribution in [1.82, 2.24) is 9.88 Å². The second-order valence-corrected chi connectivity index (χ2v) is 9.10. The standard InChI is InChI=1S/C21H18BrN3OS2/c22-17-8-6-16(7-9-17)20(26)25-10-11-27-19(25)12-18-14-28-21(24-18)23-13-15-4-2-1-3-5-15/h1-9,12,14H,10-11,13H2,(H,23,24)/b19-12+. The van der Waals surface area contributed by atoms with Crippen molar-refractivity contribution in [2.75, 3.05) is 17.6 Å². The Balaban J connectivity index is 1.45. The maximum Gasteiger partial charge on any atom is 0.258 e. The number of thiazole rings is 1. The minimum Gasteiger partial charge on any atom is -0.357 e. The quantitative estimate of drug-likeness (QED) is 0.517. The third kappa shape index (κ3) is 4.66. The molecule has 1 aliphatic heterocycles. The number of nitrogens with one attached hydrogen (secondary N) is 1. The monoisotopic (exact) mass is 471 g/mol. The van der Waals surface area contributed by atoms with E-state index < -0.39 is 0 Å². The van der Waals surface area contributed by atoms with Crippen LogP contribution in [0.2, 0.25) is 0 Å². The molecular formula is C21H18BrN3OS2. The number of carbonyl (C=O) groups is 1. The normalized spacial score (nSPS) is 15.2. The Morgan fingerprint density at radius 1 is 1.18 bits per heavy atom. The third-order valence-electron chi connectivity index (χ3n) is 4.25. The first-order valence-electron chi connectivity index (χ1n) is 8.84. The number of rotatable bonds is 5. The molecule has 7 heteroatoms. The molecule has 0 bridgehead atoms. The van der Waals surface area contributed by atoms with Gasteiger partial charge in [0.25, 0.3) is 5.91 Å². The van der Waals surface area contributed by atoms with Crippen molar-refractivity contribution in [2.24, 2.45) is 0 Å². The van der Waals surface area contributed by atoms with E-state index in [1.165, 1.54) is 5.56 Å². The summed E-state index contributed by atoms with van der Waals surface area (Å²) < 4.78 is 0.966. The summed E-state index contributed by atoms with van der Waals surface area (Å²) in [4.78, 5) is 19.3. The first kappa shape index (κ1) is 19.2. The molecule has 0 aliphatic carbocycles. The molecule has 1 aromatic heterocycles. The zero-order valence-corrected chi connectivity index (χ0v) is 18.2. The molecule has 2 heterocycles. The SMILES string of the molecule is O=C(c1ccc(Br)cc1)N1CCS/C1=C/c1csc(NCc2ccccc2)n1. The van der Waals surface area contributed by atoms with Crippen LogP contribution in [0.3, 0.4) is 0 Å². The number of hydrogen-bond donors (Lipinski definition) is 1. The third-order valence-corrected chi connectivity index (χ3v) is 6.61. The second-order valence-electron chi connectivity index (χ2n) is 6.21. The summed E-state index contributed by atoms with van der Waals surface area (Å²) in [5, 5.41) is 7.20. The van der Waals surface area contributed by atoms with Crippen molar-refractivity contribution in [2.45, 2.75) is 6.54 Å². The van der Waals surface area contributed by atoms with Gasteiger partial charge in [0.1, 0.15) is 0 Å². The Labute approximate surface area is 180 Å². The van der Waals surface area contributed by atoms with E-state index in [4.69, 9.17) is 0 Å².